The predicted octanol–water partition coefficient (Wildman–Crippen LogP) is 4.65. The molecule has 0 aliphatic carbocycles. The Labute approximate surface area is 166 Å². The Kier molecular flexibility index (Phi) is 6.43. The van der Waals surface area contributed by atoms with E-state index in [0.717, 1.165) is 29.7 Å². The summed E-state index contributed by atoms with van der Waals surface area (Å²) in [5, 5.41) is 0. The lowest BCUT2D eigenvalue weighted by atomic mass is 10.1. The van der Waals surface area contributed by atoms with Crippen molar-refractivity contribution in [1.82, 2.24) is 4.57 Å². The maximum atomic E-state index is 13.2. The molecule has 0 fully saturated rings. The van der Waals surface area contributed by atoms with Gasteiger partial charge in [-0.25, -0.2) is 0 Å². The number of hydrogen-bond acceptors (Lipinski definition) is 2. The van der Waals surface area contributed by atoms with Crippen LogP contribution in [0.25, 0.3) is 0 Å². The highest BCUT2D eigenvalue weighted by atomic mass is 16.2. The van der Waals surface area contributed by atoms with Crippen LogP contribution in [0.15, 0.2) is 77.7 Å². The fraction of sp³-hybridized carbons (Fsp3) is 0.250. The smallest absolute Gasteiger partial charge is 0.259 e. The molecule has 0 spiro atoms. The van der Waals surface area contributed by atoms with Crippen LogP contribution in [0.5, 0.6) is 0 Å². The number of amides is 1. The van der Waals surface area contributed by atoms with E-state index in [2.05, 4.69) is 6.92 Å². The van der Waals surface area contributed by atoms with Gasteiger partial charge in [-0.2, -0.15) is 0 Å². The summed E-state index contributed by atoms with van der Waals surface area (Å²) in [4.78, 5) is 27.4. The highest BCUT2D eigenvalue weighted by Crippen LogP contribution is 2.18. The normalized spacial score (nSPS) is 10.6. The molecule has 0 N–H and O–H groups in total. The average molecular weight is 374 g/mol. The average Bonchev–Trinajstić information content (AvgIpc) is 2.72. The number of carbonyl (C=O) groups excluding carboxylic acids is 1. The quantitative estimate of drug-likeness (QED) is 0.604. The minimum Gasteiger partial charge on any atom is -0.310 e. The standard InChI is InChI=1S/C24H26N2O2/c1-3-4-16-26(22-12-6-5-7-13-22)24(28)21-14-15-23(27)25(18-21)17-20-11-9-8-10-19(20)2/h5-15,18H,3-4,16-17H2,1-2H3. The van der Waals surface area contributed by atoms with E-state index in [0.29, 0.717) is 18.7 Å². The number of benzene rings is 2. The molecule has 4 nitrogen and oxygen atoms in total. The summed E-state index contributed by atoms with van der Waals surface area (Å²) in [5.74, 6) is -0.0850. The molecule has 0 saturated carbocycles. The van der Waals surface area contributed by atoms with Crippen LogP contribution < -0.4 is 10.5 Å². The Morgan fingerprint density at radius 1 is 0.964 bits per heavy atom. The van der Waals surface area contributed by atoms with Gasteiger partial charge < -0.3 is 9.47 Å². The van der Waals surface area contributed by atoms with Crippen molar-refractivity contribution in [3.8, 4) is 0 Å². The van der Waals surface area contributed by atoms with E-state index in [9.17, 15) is 9.59 Å². The van der Waals surface area contributed by atoms with Crippen molar-refractivity contribution in [2.24, 2.45) is 0 Å². The van der Waals surface area contributed by atoms with Crippen molar-refractivity contribution in [3.05, 3.63) is 100.0 Å². The number of aryl methyl sites for hydroxylation is 1. The number of unbranched alkanes of at least 4 members (excludes halogenated alkanes) is 1. The topological polar surface area (TPSA) is 42.3 Å². The van der Waals surface area contributed by atoms with Gasteiger partial charge in [-0.05, 0) is 42.7 Å². The summed E-state index contributed by atoms with van der Waals surface area (Å²) in [6.07, 6.45) is 3.60. The van der Waals surface area contributed by atoms with Gasteiger partial charge in [0.1, 0.15) is 0 Å². The first-order valence-corrected chi connectivity index (χ1v) is 9.72. The Balaban J connectivity index is 1.92. The molecule has 3 aromatic rings. The minimum atomic E-state index is -0.111. The van der Waals surface area contributed by atoms with Crippen molar-refractivity contribution in [2.45, 2.75) is 33.2 Å². The zero-order valence-electron chi connectivity index (χ0n) is 16.5. The van der Waals surface area contributed by atoms with E-state index in [-0.39, 0.29) is 11.5 Å². The van der Waals surface area contributed by atoms with Crippen molar-refractivity contribution in [3.63, 3.8) is 0 Å². The Morgan fingerprint density at radius 2 is 1.68 bits per heavy atom. The second-order valence-electron chi connectivity index (χ2n) is 6.96. The van der Waals surface area contributed by atoms with Crippen LogP contribution in [-0.2, 0) is 6.54 Å². The molecule has 1 heterocycles. The largest absolute Gasteiger partial charge is 0.310 e. The molecule has 28 heavy (non-hydrogen) atoms. The first kappa shape index (κ1) is 19.6. The number of anilines is 1. The van der Waals surface area contributed by atoms with Gasteiger partial charge in [0.15, 0.2) is 0 Å². The van der Waals surface area contributed by atoms with Crippen LogP contribution in [0.2, 0.25) is 0 Å². The van der Waals surface area contributed by atoms with Crippen molar-refractivity contribution in [2.75, 3.05) is 11.4 Å². The predicted molar refractivity (Wildman–Crippen MR) is 114 cm³/mol. The van der Waals surface area contributed by atoms with Crippen LogP contribution >= 0.6 is 0 Å². The van der Waals surface area contributed by atoms with Gasteiger partial charge in [-0.15, -0.1) is 0 Å². The highest BCUT2D eigenvalue weighted by Gasteiger charge is 2.18. The molecule has 0 aliphatic heterocycles. The fourth-order valence-corrected chi connectivity index (χ4v) is 3.18. The van der Waals surface area contributed by atoms with Crippen LogP contribution in [0.1, 0.15) is 41.3 Å². The van der Waals surface area contributed by atoms with Crippen molar-refractivity contribution < 1.29 is 4.79 Å². The zero-order valence-corrected chi connectivity index (χ0v) is 16.5. The monoisotopic (exact) mass is 374 g/mol. The summed E-state index contributed by atoms with van der Waals surface area (Å²) in [6, 6.07) is 20.8. The van der Waals surface area contributed by atoms with Gasteiger partial charge in [0, 0.05) is 24.5 Å². The van der Waals surface area contributed by atoms with E-state index in [1.54, 1.807) is 21.7 Å². The van der Waals surface area contributed by atoms with Gasteiger partial charge >= 0.3 is 0 Å². The van der Waals surface area contributed by atoms with E-state index in [1.165, 1.54) is 6.07 Å². The third-order valence-electron chi connectivity index (χ3n) is 4.88. The van der Waals surface area contributed by atoms with E-state index >= 15 is 0 Å². The van der Waals surface area contributed by atoms with E-state index < -0.39 is 0 Å². The van der Waals surface area contributed by atoms with Gasteiger partial charge in [0.2, 0.25) is 0 Å². The maximum Gasteiger partial charge on any atom is 0.259 e. The lowest BCUT2D eigenvalue weighted by Gasteiger charge is -2.23. The summed E-state index contributed by atoms with van der Waals surface area (Å²) in [6.45, 7) is 5.23. The molecule has 0 aliphatic rings. The third-order valence-corrected chi connectivity index (χ3v) is 4.88. The van der Waals surface area contributed by atoms with Crippen molar-refractivity contribution >= 4 is 11.6 Å². The number of hydrogen-bond donors (Lipinski definition) is 0. The number of para-hydroxylation sites is 1. The molecule has 0 saturated heterocycles. The van der Waals surface area contributed by atoms with Crippen LogP contribution in [0.4, 0.5) is 5.69 Å². The number of carbonyl (C=O) groups is 1. The van der Waals surface area contributed by atoms with Crippen LogP contribution in [0, 0.1) is 6.92 Å². The minimum absolute atomic E-state index is 0.0850. The fourth-order valence-electron chi connectivity index (χ4n) is 3.18. The van der Waals surface area contributed by atoms with Crippen molar-refractivity contribution in [1.29, 1.82) is 0 Å². The first-order chi connectivity index (χ1) is 13.6. The molecule has 1 aromatic heterocycles. The van der Waals surface area contributed by atoms with Crippen LogP contribution in [-0.4, -0.2) is 17.0 Å². The molecular formula is C24H26N2O2. The molecule has 2 aromatic carbocycles. The number of rotatable bonds is 7. The molecule has 3 rings (SSSR count). The number of pyridine rings is 1. The Hall–Kier alpha value is -3.14. The second-order valence-corrected chi connectivity index (χ2v) is 6.96. The summed E-state index contributed by atoms with van der Waals surface area (Å²) < 4.78 is 1.61. The number of aromatic nitrogens is 1. The number of nitrogens with zero attached hydrogens (tertiary/aromatic N) is 2. The highest BCUT2D eigenvalue weighted by molar-refractivity contribution is 6.05. The lowest BCUT2D eigenvalue weighted by molar-refractivity contribution is 0.0985. The van der Waals surface area contributed by atoms with E-state index in [1.807, 2.05) is 61.5 Å². The lowest BCUT2D eigenvalue weighted by Crippen LogP contribution is -2.33. The molecular weight excluding hydrogens is 348 g/mol. The van der Waals surface area contributed by atoms with Gasteiger partial charge in [0.25, 0.3) is 11.5 Å². The summed E-state index contributed by atoms with van der Waals surface area (Å²) >= 11 is 0. The molecule has 0 unspecified atom stereocenters. The van der Waals surface area contributed by atoms with Gasteiger partial charge in [-0.3, -0.25) is 9.59 Å². The zero-order chi connectivity index (χ0) is 19.9. The summed E-state index contributed by atoms with van der Waals surface area (Å²) in [7, 11) is 0. The van der Waals surface area contributed by atoms with Gasteiger partial charge in [-0.1, -0.05) is 55.8 Å². The Morgan fingerprint density at radius 3 is 2.39 bits per heavy atom. The molecule has 0 bridgehead atoms. The molecule has 0 atom stereocenters. The third kappa shape index (κ3) is 4.58. The molecule has 1 amide bonds. The second kappa shape index (κ2) is 9.18. The Bertz CT molecular complexity index is 993. The SMILES string of the molecule is CCCCN(C(=O)c1ccc(=O)n(Cc2ccccc2C)c1)c1ccccc1. The molecule has 144 valence electrons. The first-order valence-electron chi connectivity index (χ1n) is 9.72. The maximum absolute atomic E-state index is 13.2. The van der Waals surface area contributed by atoms with E-state index in [4.69, 9.17) is 0 Å². The molecule has 4 heteroatoms. The molecule has 0 radical (unpaired) electrons. The van der Waals surface area contributed by atoms with Gasteiger partial charge in [0.05, 0.1) is 12.1 Å². The summed E-state index contributed by atoms with van der Waals surface area (Å²) in [5.41, 5.74) is 3.48. The van der Waals surface area contributed by atoms with Crippen LogP contribution in [0.3, 0.4) is 0 Å².